The molecule has 2 aliphatic heterocycles. The molecule has 0 amide bonds. The number of fused-ring (bicyclic) bond motifs is 1. The van der Waals surface area contributed by atoms with Gasteiger partial charge in [-0.05, 0) is 70.7 Å². The van der Waals surface area contributed by atoms with Crippen molar-refractivity contribution in [3.8, 4) is 5.75 Å². The molecule has 2 aliphatic rings. The van der Waals surface area contributed by atoms with Crippen molar-refractivity contribution in [3.63, 3.8) is 0 Å². The van der Waals surface area contributed by atoms with E-state index in [0.29, 0.717) is 11.7 Å². The molecule has 3 heterocycles. The zero-order chi connectivity index (χ0) is 22.2. The normalized spacial score (nSPS) is 24.4. The van der Waals surface area contributed by atoms with Crippen molar-refractivity contribution < 1.29 is 9.57 Å². The first-order valence-corrected chi connectivity index (χ1v) is 10.5. The summed E-state index contributed by atoms with van der Waals surface area (Å²) in [5.41, 5.74) is 10.7. The van der Waals surface area contributed by atoms with Gasteiger partial charge in [0.2, 0.25) is 5.95 Å². The predicted octanol–water partition coefficient (Wildman–Crippen LogP) is 5.29. The zero-order valence-electron chi connectivity index (χ0n) is 18.7. The van der Waals surface area contributed by atoms with E-state index < -0.39 is 12.3 Å². The molecule has 2 aromatic rings. The lowest BCUT2D eigenvalue weighted by Crippen LogP contribution is -2.59. The van der Waals surface area contributed by atoms with Gasteiger partial charge < -0.3 is 4.74 Å². The van der Waals surface area contributed by atoms with Gasteiger partial charge in [0.25, 0.3) is 0 Å². The molecule has 9 nitrogen and oxygen atoms in total. The Labute approximate surface area is 182 Å². The number of nitrogens with zero attached hydrogens (tertiary/aromatic N) is 7. The number of hydroxylamine groups is 2. The molecular weight excluding hydrogens is 394 g/mol. The molecule has 0 aliphatic carbocycles. The van der Waals surface area contributed by atoms with Crippen molar-refractivity contribution in [2.45, 2.75) is 70.3 Å². The van der Waals surface area contributed by atoms with E-state index in [4.69, 9.17) is 9.57 Å². The molecule has 0 bridgehead atoms. The van der Waals surface area contributed by atoms with Gasteiger partial charge in [0.15, 0.2) is 0 Å². The molecule has 0 spiro atoms. The standard InChI is InChI=1S/C22H29N7O2/c1-21(2)11-7-12-22(3,4)29(21)31-18-17-15(9-6-10-16(17)30-5)28(19(18)26-27-23)20-24-13-8-14-25-20/h6,8-10,13-14,18-19H,7,11-12H2,1-5H3. The summed E-state index contributed by atoms with van der Waals surface area (Å²) in [4.78, 5) is 20.5. The van der Waals surface area contributed by atoms with E-state index in [2.05, 4.69) is 52.8 Å². The third kappa shape index (κ3) is 3.69. The summed E-state index contributed by atoms with van der Waals surface area (Å²) in [6, 6.07) is 7.49. The van der Waals surface area contributed by atoms with Gasteiger partial charge in [-0.15, -0.1) is 0 Å². The molecule has 0 saturated carbocycles. The third-order valence-electron chi connectivity index (χ3n) is 6.18. The minimum atomic E-state index is -0.702. The van der Waals surface area contributed by atoms with Gasteiger partial charge >= 0.3 is 0 Å². The topological polar surface area (TPSA) is 99.5 Å². The Hall–Kier alpha value is -2.87. The van der Waals surface area contributed by atoms with Gasteiger partial charge in [-0.3, -0.25) is 9.74 Å². The lowest BCUT2D eigenvalue weighted by Gasteiger charge is -2.52. The smallest absolute Gasteiger partial charge is 0.230 e. The Kier molecular flexibility index (Phi) is 5.51. The Morgan fingerprint density at radius 1 is 1.10 bits per heavy atom. The highest BCUT2D eigenvalue weighted by Gasteiger charge is 2.49. The van der Waals surface area contributed by atoms with Gasteiger partial charge in [0.05, 0.1) is 18.4 Å². The molecule has 0 radical (unpaired) electrons. The van der Waals surface area contributed by atoms with Crippen molar-refractivity contribution in [1.82, 2.24) is 15.0 Å². The van der Waals surface area contributed by atoms with E-state index in [1.54, 1.807) is 25.6 Å². The first-order chi connectivity index (χ1) is 14.8. The van der Waals surface area contributed by atoms with Crippen molar-refractivity contribution in [2.75, 3.05) is 12.0 Å². The number of anilines is 2. The van der Waals surface area contributed by atoms with Crippen molar-refractivity contribution in [2.24, 2.45) is 5.11 Å². The molecule has 0 N–H and O–H groups in total. The maximum Gasteiger partial charge on any atom is 0.230 e. The van der Waals surface area contributed by atoms with Gasteiger partial charge in [-0.2, -0.15) is 5.06 Å². The second kappa shape index (κ2) is 8.00. The molecule has 2 unspecified atom stereocenters. The van der Waals surface area contributed by atoms with E-state index >= 15 is 0 Å². The van der Waals surface area contributed by atoms with Gasteiger partial charge in [-0.1, -0.05) is 11.2 Å². The van der Waals surface area contributed by atoms with Gasteiger partial charge in [0.1, 0.15) is 18.0 Å². The number of aromatic nitrogens is 2. The molecule has 4 rings (SSSR count). The number of azide groups is 1. The number of hydrogen-bond donors (Lipinski definition) is 0. The monoisotopic (exact) mass is 423 g/mol. The number of hydrogen-bond acceptors (Lipinski definition) is 7. The summed E-state index contributed by atoms with van der Waals surface area (Å²) in [7, 11) is 1.63. The fraction of sp³-hybridized carbons (Fsp3) is 0.545. The zero-order valence-corrected chi connectivity index (χ0v) is 18.7. The van der Waals surface area contributed by atoms with E-state index in [1.807, 2.05) is 23.1 Å². The largest absolute Gasteiger partial charge is 0.496 e. The molecule has 1 aromatic heterocycles. The molecule has 31 heavy (non-hydrogen) atoms. The van der Waals surface area contributed by atoms with E-state index in [0.717, 1.165) is 30.5 Å². The van der Waals surface area contributed by atoms with E-state index in [9.17, 15) is 5.53 Å². The quantitative estimate of drug-likeness (QED) is 0.368. The maximum atomic E-state index is 9.42. The van der Waals surface area contributed by atoms with E-state index in [1.165, 1.54) is 0 Å². The van der Waals surface area contributed by atoms with Gasteiger partial charge in [0, 0.05) is 28.4 Å². The van der Waals surface area contributed by atoms with Gasteiger partial charge in [-0.25, -0.2) is 9.97 Å². The number of piperidine rings is 1. The van der Waals surface area contributed by atoms with Crippen LogP contribution in [0.2, 0.25) is 0 Å². The Morgan fingerprint density at radius 3 is 2.39 bits per heavy atom. The summed E-state index contributed by atoms with van der Waals surface area (Å²) in [5, 5.41) is 6.22. The van der Waals surface area contributed by atoms with Crippen LogP contribution >= 0.6 is 0 Å². The SMILES string of the molecule is COc1cccc2c1C(ON1C(C)(C)CCCC1(C)C)C(N=[N+]=[N-])N2c1ncccn1. The average Bonchev–Trinajstić information content (AvgIpc) is 3.04. The maximum absolute atomic E-state index is 9.42. The first-order valence-electron chi connectivity index (χ1n) is 10.5. The molecule has 164 valence electrons. The fourth-order valence-electron chi connectivity index (χ4n) is 4.92. The summed E-state index contributed by atoms with van der Waals surface area (Å²) in [6.07, 6.45) is 5.21. The first kappa shape index (κ1) is 21.4. The molecule has 1 aromatic carbocycles. The third-order valence-corrected chi connectivity index (χ3v) is 6.18. The van der Waals surface area contributed by atoms with Crippen LogP contribution in [-0.2, 0) is 4.84 Å². The van der Waals surface area contributed by atoms with Crippen LogP contribution in [0.15, 0.2) is 41.8 Å². The summed E-state index contributed by atoms with van der Waals surface area (Å²) in [5.74, 6) is 1.12. The molecule has 9 heteroatoms. The average molecular weight is 424 g/mol. The fourth-order valence-corrected chi connectivity index (χ4v) is 4.92. The van der Waals surface area contributed by atoms with Crippen LogP contribution in [0.1, 0.15) is 58.6 Å². The second-order valence-corrected chi connectivity index (χ2v) is 9.23. The van der Waals surface area contributed by atoms with Crippen LogP contribution in [0.3, 0.4) is 0 Å². The number of rotatable bonds is 5. The van der Waals surface area contributed by atoms with E-state index in [-0.39, 0.29) is 11.1 Å². The minimum absolute atomic E-state index is 0.179. The summed E-state index contributed by atoms with van der Waals surface area (Å²) < 4.78 is 5.69. The molecule has 2 atom stereocenters. The Balaban J connectivity index is 1.86. The van der Waals surface area contributed by atoms with Crippen molar-refractivity contribution in [1.29, 1.82) is 0 Å². The Morgan fingerprint density at radius 2 is 1.77 bits per heavy atom. The summed E-state index contributed by atoms with van der Waals surface area (Å²) in [6.45, 7) is 8.75. The van der Waals surface area contributed by atoms with Crippen LogP contribution in [0.5, 0.6) is 5.75 Å². The Bertz CT molecular complexity index is 973. The highest BCUT2D eigenvalue weighted by Crippen LogP contribution is 2.51. The van der Waals surface area contributed by atoms with Crippen molar-refractivity contribution >= 4 is 11.6 Å². The van der Waals surface area contributed by atoms with Crippen LogP contribution in [-0.4, -0.2) is 39.4 Å². The van der Waals surface area contributed by atoms with Crippen LogP contribution in [0, 0.1) is 0 Å². The number of benzene rings is 1. The molecular formula is C22H29N7O2. The van der Waals surface area contributed by atoms with Crippen molar-refractivity contribution in [3.05, 3.63) is 52.7 Å². The number of methoxy groups -OCH3 is 1. The number of ether oxygens (including phenoxy) is 1. The highest BCUT2D eigenvalue weighted by molar-refractivity contribution is 5.71. The van der Waals surface area contributed by atoms with Crippen LogP contribution in [0.25, 0.3) is 10.4 Å². The summed E-state index contributed by atoms with van der Waals surface area (Å²) >= 11 is 0. The second-order valence-electron chi connectivity index (χ2n) is 9.23. The molecule has 1 fully saturated rings. The highest BCUT2D eigenvalue weighted by atomic mass is 16.7. The lowest BCUT2D eigenvalue weighted by molar-refractivity contribution is -0.308. The molecule has 1 saturated heterocycles. The predicted molar refractivity (Wildman–Crippen MR) is 118 cm³/mol. The van der Waals surface area contributed by atoms with Crippen LogP contribution < -0.4 is 9.64 Å². The minimum Gasteiger partial charge on any atom is -0.496 e. The van der Waals surface area contributed by atoms with Crippen LogP contribution in [0.4, 0.5) is 11.6 Å². The lowest BCUT2D eigenvalue weighted by atomic mass is 9.82.